The molecule has 0 bridgehead atoms. The van der Waals surface area contributed by atoms with Crippen molar-refractivity contribution in [1.82, 2.24) is 0 Å². The van der Waals surface area contributed by atoms with Crippen LogP contribution in [0, 0.1) is 5.41 Å². The van der Waals surface area contributed by atoms with E-state index in [9.17, 15) is 0 Å². The monoisotopic (exact) mass is 388 g/mol. The minimum atomic E-state index is -0.212. The predicted molar refractivity (Wildman–Crippen MR) is 116 cm³/mol. The van der Waals surface area contributed by atoms with Crippen molar-refractivity contribution in [2.75, 3.05) is 13.2 Å². The molecule has 2 aromatic rings. The second-order valence-electron chi connectivity index (χ2n) is 8.61. The first-order valence-corrected chi connectivity index (χ1v) is 10.7. The third kappa shape index (κ3) is 3.35. The Kier molecular flexibility index (Phi) is 4.65. The van der Waals surface area contributed by atoms with Gasteiger partial charge in [-0.25, -0.2) is 9.98 Å². The maximum atomic E-state index is 6.12. The van der Waals surface area contributed by atoms with Crippen LogP contribution >= 0.6 is 0 Å². The van der Waals surface area contributed by atoms with E-state index in [0.29, 0.717) is 25.0 Å². The van der Waals surface area contributed by atoms with Crippen LogP contribution in [-0.2, 0) is 9.47 Å². The number of nitrogens with zero attached hydrogens (tertiary/aromatic N) is 2. The molecule has 2 unspecified atom stereocenters. The zero-order chi connectivity index (χ0) is 19.8. The van der Waals surface area contributed by atoms with Crippen LogP contribution in [0.3, 0.4) is 0 Å². The highest BCUT2D eigenvalue weighted by molar-refractivity contribution is 6.09. The van der Waals surface area contributed by atoms with Gasteiger partial charge in [-0.1, -0.05) is 74.5 Å². The van der Waals surface area contributed by atoms with E-state index in [1.807, 2.05) is 0 Å². The Bertz CT molecular complexity index is 845. The molecule has 0 amide bonds. The van der Waals surface area contributed by atoms with Crippen molar-refractivity contribution in [3.8, 4) is 0 Å². The zero-order valence-electron chi connectivity index (χ0n) is 17.1. The van der Waals surface area contributed by atoms with Gasteiger partial charge in [0.25, 0.3) is 0 Å². The normalized spacial score (nSPS) is 26.7. The molecule has 2 heterocycles. The van der Waals surface area contributed by atoms with Gasteiger partial charge in [-0.2, -0.15) is 0 Å². The first-order chi connectivity index (χ1) is 14.2. The van der Waals surface area contributed by atoms with E-state index in [0.717, 1.165) is 24.6 Å². The third-order valence-corrected chi connectivity index (χ3v) is 6.72. The smallest absolute Gasteiger partial charge is 0.199 e. The Hall–Kier alpha value is -2.62. The van der Waals surface area contributed by atoms with Crippen LogP contribution < -0.4 is 0 Å². The van der Waals surface area contributed by atoms with Crippen molar-refractivity contribution in [3.63, 3.8) is 0 Å². The molecule has 150 valence electrons. The van der Waals surface area contributed by atoms with E-state index >= 15 is 0 Å². The topological polar surface area (TPSA) is 43.2 Å². The summed E-state index contributed by atoms with van der Waals surface area (Å²) in [4.78, 5) is 10.0. The third-order valence-electron chi connectivity index (χ3n) is 6.72. The quantitative estimate of drug-likeness (QED) is 0.701. The highest BCUT2D eigenvalue weighted by atomic mass is 16.5. The lowest BCUT2D eigenvalue weighted by Crippen LogP contribution is -2.26. The van der Waals surface area contributed by atoms with Crippen LogP contribution in [0.2, 0.25) is 0 Å². The molecule has 5 rings (SSSR count). The molecule has 0 N–H and O–H groups in total. The van der Waals surface area contributed by atoms with Gasteiger partial charge in [-0.05, 0) is 24.0 Å². The van der Waals surface area contributed by atoms with Gasteiger partial charge in [-0.3, -0.25) is 0 Å². The second kappa shape index (κ2) is 7.33. The van der Waals surface area contributed by atoms with Gasteiger partial charge in [0.05, 0.1) is 12.1 Å². The summed E-state index contributed by atoms with van der Waals surface area (Å²) in [7, 11) is 0. The van der Waals surface area contributed by atoms with Crippen LogP contribution in [0.15, 0.2) is 70.6 Å². The van der Waals surface area contributed by atoms with Gasteiger partial charge in [0.2, 0.25) is 0 Å². The summed E-state index contributed by atoms with van der Waals surface area (Å²) in [5, 5.41) is 0. The van der Waals surface area contributed by atoms with Gasteiger partial charge in [0, 0.05) is 11.8 Å². The average Bonchev–Trinajstić information content (AvgIpc) is 3.19. The van der Waals surface area contributed by atoms with Gasteiger partial charge >= 0.3 is 0 Å². The summed E-state index contributed by atoms with van der Waals surface area (Å²) in [6.07, 6.45) is 2.03. The maximum Gasteiger partial charge on any atom is 0.199 e. The lowest BCUT2D eigenvalue weighted by Gasteiger charge is -2.15. The highest BCUT2D eigenvalue weighted by Gasteiger charge is 2.58. The molecule has 1 fully saturated rings. The van der Waals surface area contributed by atoms with Gasteiger partial charge in [0.1, 0.15) is 18.6 Å². The van der Waals surface area contributed by atoms with Crippen molar-refractivity contribution in [1.29, 1.82) is 0 Å². The van der Waals surface area contributed by atoms with Crippen molar-refractivity contribution in [2.24, 2.45) is 15.4 Å². The summed E-state index contributed by atoms with van der Waals surface area (Å²) in [6, 6.07) is 21.5. The van der Waals surface area contributed by atoms with E-state index in [1.165, 1.54) is 11.1 Å². The van der Waals surface area contributed by atoms with Crippen molar-refractivity contribution < 1.29 is 9.47 Å². The molecule has 2 aromatic carbocycles. The first kappa shape index (κ1) is 18.4. The number of ether oxygens (including phenoxy) is 2. The molecule has 3 aliphatic rings. The predicted octanol–water partition coefficient (Wildman–Crippen LogP) is 4.97. The van der Waals surface area contributed by atoms with E-state index in [1.54, 1.807) is 0 Å². The number of hydrogen-bond acceptors (Lipinski definition) is 4. The number of benzene rings is 2. The lowest BCUT2D eigenvalue weighted by molar-refractivity contribution is 0.271. The van der Waals surface area contributed by atoms with Crippen LogP contribution in [0.1, 0.15) is 49.7 Å². The van der Waals surface area contributed by atoms with Gasteiger partial charge in [0.15, 0.2) is 11.8 Å². The molecule has 29 heavy (non-hydrogen) atoms. The molecule has 4 heteroatoms. The SMILES string of the molecule is CC(c1ccccc1)[C@H]1COC(C2(C3=N[C@@H](C(C)c4ccccc4)CO3)CC2)=N1. The van der Waals surface area contributed by atoms with Crippen molar-refractivity contribution in [3.05, 3.63) is 71.8 Å². The van der Waals surface area contributed by atoms with Crippen molar-refractivity contribution >= 4 is 11.8 Å². The fourth-order valence-corrected chi connectivity index (χ4v) is 4.42. The maximum absolute atomic E-state index is 6.12. The Balaban J connectivity index is 1.33. The Labute approximate surface area is 172 Å². The van der Waals surface area contributed by atoms with Crippen LogP contribution in [0.4, 0.5) is 0 Å². The zero-order valence-corrected chi connectivity index (χ0v) is 17.1. The molecular formula is C25H28N2O2. The minimum Gasteiger partial charge on any atom is -0.478 e. The first-order valence-electron chi connectivity index (χ1n) is 10.7. The average molecular weight is 389 g/mol. The molecular weight excluding hydrogens is 360 g/mol. The highest BCUT2D eigenvalue weighted by Crippen LogP contribution is 2.52. The molecule has 4 nitrogen and oxygen atoms in total. The molecule has 1 saturated carbocycles. The fourth-order valence-electron chi connectivity index (χ4n) is 4.42. The van der Waals surface area contributed by atoms with Gasteiger partial charge < -0.3 is 9.47 Å². The fraction of sp³-hybridized carbons (Fsp3) is 0.440. The Morgan fingerprint density at radius 2 is 1.14 bits per heavy atom. The van der Waals surface area contributed by atoms with Gasteiger partial charge in [-0.15, -0.1) is 0 Å². The molecule has 0 aromatic heterocycles. The molecule has 0 spiro atoms. The summed E-state index contributed by atoms with van der Waals surface area (Å²) >= 11 is 0. The summed E-state index contributed by atoms with van der Waals surface area (Å²) in [5.74, 6) is 2.36. The Morgan fingerprint density at radius 3 is 1.52 bits per heavy atom. The van der Waals surface area contributed by atoms with E-state index in [2.05, 4.69) is 74.5 Å². The lowest BCUT2D eigenvalue weighted by atomic mass is 9.94. The molecule has 2 aliphatic heterocycles. The second-order valence-corrected chi connectivity index (χ2v) is 8.61. The number of aliphatic imine (C=N–C) groups is 2. The van der Waals surface area contributed by atoms with Crippen LogP contribution in [-0.4, -0.2) is 37.1 Å². The van der Waals surface area contributed by atoms with Crippen LogP contribution in [0.5, 0.6) is 0 Å². The van der Waals surface area contributed by atoms with Crippen molar-refractivity contribution in [2.45, 2.75) is 50.6 Å². The largest absolute Gasteiger partial charge is 0.478 e. The molecule has 0 radical (unpaired) electrons. The standard InChI is InChI=1S/C25H28N2O2/c1-17(19-9-5-3-6-10-19)21-15-28-23(26-21)25(13-14-25)24-27-22(16-29-24)18(2)20-11-7-4-8-12-20/h3-12,17-18,21-22H,13-16H2,1-2H3/t17?,18?,21-,22-/m1/s1. The Morgan fingerprint density at radius 1 is 0.724 bits per heavy atom. The molecule has 0 saturated heterocycles. The summed E-state index contributed by atoms with van der Waals surface area (Å²) in [5.41, 5.74) is 2.40. The number of hydrogen-bond donors (Lipinski definition) is 0. The summed E-state index contributed by atoms with van der Waals surface area (Å²) < 4.78 is 12.2. The van der Waals surface area contributed by atoms with E-state index < -0.39 is 0 Å². The molecule has 1 aliphatic carbocycles. The van der Waals surface area contributed by atoms with E-state index in [-0.39, 0.29) is 17.5 Å². The van der Waals surface area contributed by atoms with Crippen LogP contribution in [0.25, 0.3) is 0 Å². The molecule has 4 atom stereocenters. The summed E-state index contributed by atoms with van der Waals surface area (Å²) in [6.45, 7) is 5.75. The number of rotatable bonds is 6. The minimum absolute atomic E-state index is 0.158. The van der Waals surface area contributed by atoms with E-state index in [4.69, 9.17) is 19.5 Å².